The first-order valence-corrected chi connectivity index (χ1v) is 7.67. The number of ether oxygens (including phenoxy) is 3. The molecule has 140 valence electrons. The van der Waals surface area contributed by atoms with Gasteiger partial charge in [0.2, 0.25) is 0 Å². The molecule has 0 fully saturated rings. The highest BCUT2D eigenvalue weighted by atomic mass is 16.5. The van der Waals surface area contributed by atoms with Crippen LogP contribution in [0.2, 0.25) is 0 Å². The fraction of sp³-hybridized carbons (Fsp3) is 0.353. The van der Waals surface area contributed by atoms with Gasteiger partial charge in [0.25, 0.3) is 5.91 Å². The average molecular weight is 364 g/mol. The molecule has 0 aliphatic carbocycles. The topological polar surface area (TPSA) is 120 Å². The Morgan fingerprint density at radius 3 is 2.62 bits per heavy atom. The molecule has 1 atom stereocenters. The standard InChI is InChI=1S/C17H20N2O7/c1-23-9-11-6-14(19-26-11)17(22)18-13(8-16(20)21)12-5-4-10(24-2)7-15(12)25-3/h4-7,13H,8-9H2,1-3H3,(H,18,22)(H,20,21). The van der Waals surface area contributed by atoms with Crippen molar-refractivity contribution in [3.8, 4) is 11.5 Å². The average Bonchev–Trinajstić information content (AvgIpc) is 3.09. The Balaban J connectivity index is 2.26. The van der Waals surface area contributed by atoms with Gasteiger partial charge in [0.05, 0.1) is 26.7 Å². The zero-order valence-corrected chi connectivity index (χ0v) is 14.6. The Morgan fingerprint density at radius 1 is 1.23 bits per heavy atom. The minimum absolute atomic E-state index is 0.0277. The lowest BCUT2D eigenvalue weighted by Crippen LogP contribution is -2.30. The predicted octanol–water partition coefficient (Wildman–Crippen LogP) is 1.78. The summed E-state index contributed by atoms with van der Waals surface area (Å²) in [5.74, 6) is -0.314. The molecule has 0 saturated heterocycles. The molecule has 2 aromatic rings. The molecule has 9 nitrogen and oxygen atoms in total. The van der Waals surface area contributed by atoms with E-state index in [1.54, 1.807) is 18.2 Å². The van der Waals surface area contributed by atoms with Crippen LogP contribution in [0, 0.1) is 0 Å². The summed E-state index contributed by atoms with van der Waals surface area (Å²) in [6.45, 7) is 0.172. The van der Waals surface area contributed by atoms with Crippen LogP contribution in [0.25, 0.3) is 0 Å². The molecule has 26 heavy (non-hydrogen) atoms. The number of nitrogens with zero attached hydrogens (tertiary/aromatic N) is 1. The number of aliphatic carboxylic acids is 1. The van der Waals surface area contributed by atoms with Crippen LogP contribution in [0.3, 0.4) is 0 Å². The van der Waals surface area contributed by atoms with E-state index in [0.29, 0.717) is 22.8 Å². The summed E-state index contributed by atoms with van der Waals surface area (Å²) in [5.41, 5.74) is 0.532. The van der Waals surface area contributed by atoms with Crippen molar-refractivity contribution in [2.75, 3.05) is 21.3 Å². The molecule has 1 unspecified atom stereocenters. The summed E-state index contributed by atoms with van der Waals surface area (Å²) >= 11 is 0. The molecule has 1 heterocycles. The number of aromatic nitrogens is 1. The van der Waals surface area contributed by atoms with Crippen molar-refractivity contribution in [1.82, 2.24) is 10.5 Å². The number of hydrogen-bond donors (Lipinski definition) is 2. The fourth-order valence-corrected chi connectivity index (χ4v) is 2.38. The first-order valence-electron chi connectivity index (χ1n) is 7.67. The summed E-state index contributed by atoms with van der Waals surface area (Å²) in [6.07, 6.45) is -0.336. The molecule has 0 spiro atoms. The van der Waals surface area contributed by atoms with Gasteiger partial charge in [0.1, 0.15) is 18.1 Å². The second-order valence-electron chi connectivity index (χ2n) is 5.34. The lowest BCUT2D eigenvalue weighted by molar-refractivity contribution is -0.137. The number of amides is 1. The maximum atomic E-state index is 12.4. The van der Waals surface area contributed by atoms with Crippen molar-refractivity contribution in [3.05, 3.63) is 41.3 Å². The quantitative estimate of drug-likeness (QED) is 0.691. The first kappa shape index (κ1) is 19.3. The van der Waals surface area contributed by atoms with Gasteiger partial charge in [0.15, 0.2) is 11.5 Å². The van der Waals surface area contributed by atoms with Crippen molar-refractivity contribution >= 4 is 11.9 Å². The number of benzene rings is 1. The van der Waals surface area contributed by atoms with Gasteiger partial charge < -0.3 is 29.2 Å². The SMILES string of the molecule is COCc1cc(C(=O)NC(CC(=O)O)c2ccc(OC)cc2OC)no1. The number of hydrogen-bond acceptors (Lipinski definition) is 7. The molecule has 0 aliphatic rings. The van der Waals surface area contributed by atoms with Crippen LogP contribution in [-0.4, -0.2) is 43.5 Å². The first-order chi connectivity index (χ1) is 12.5. The van der Waals surface area contributed by atoms with Gasteiger partial charge in [-0.25, -0.2) is 0 Å². The number of carboxylic acid groups (broad SMARTS) is 1. The normalized spacial score (nSPS) is 11.7. The smallest absolute Gasteiger partial charge is 0.305 e. The zero-order valence-electron chi connectivity index (χ0n) is 14.6. The third-order valence-electron chi connectivity index (χ3n) is 3.58. The molecule has 1 amide bonds. The molecule has 1 aromatic carbocycles. The van der Waals surface area contributed by atoms with E-state index in [-0.39, 0.29) is 18.7 Å². The lowest BCUT2D eigenvalue weighted by atomic mass is 10.0. The van der Waals surface area contributed by atoms with E-state index in [0.717, 1.165) is 0 Å². The largest absolute Gasteiger partial charge is 0.497 e. The highest BCUT2D eigenvalue weighted by molar-refractivity contribution is 5.92. The molecule has 1 aromatic heterocycles. The molecule has 0 bridgehead atoms. The van der Waals surface area contributed by atoms with Crippen molar-refractivity contribution < 1.29 is 33.4 Å². The summed E-state index contributed by atoms with van der Waals surface area (Å²) in [4.78, 5) is 23.7. The number of carbonyl (C=O) groups is 2. The van der Waals surface area contributed by atoms with Crippen molar-refractivity contribution in [2.24, 2.45) is 0 Å². The highest BCUT2D eigenvalue weighted by Gasteiger charge is 2.24. The second kappa shape index (κ2) is 8.86. The van der Waals surface area contributed by atoms with E-state index in [4.69, 9.17) is 18.7 Å². The molecular formula is C17H20N2O7. The van der Waals surface area contributed by atoms with Gasteiger partial charge in [-0.2, -0.15) is 0 Å². The Morgan fingerprint density at radius 2 is 2.00 bits per heavy atom. The number of carboxylic acids is 1. The molecule has 0 aliphatic heterocycles. The summed E-state index contributed by atoms with van der Waals surface area (Å²) < 4.78 is 20.3. The van der Waals surface area contributed by atoms with E-state index in [9.17, 15) is 14.7 Å². The number of nitrogens with one attached hydrogen (secondary N) is 1. The molecular weight excluding hydrogens is 344 g/mol. The van der Waals surface area contributed by atoms with E-state index in [1.807, 2.05) is 0 Å². The van der Waals surface area contributed by atoms with Crippen LogP contribution in [0.4, 0.5) is 0 Å². The molecule has 2 rings (SSSR count). The van der Waals surface area contributed by atoms with E-state index in [1.165, 1.54) is 27.4 Å². The fourth-order valence-electron chi connectivity index (χ4n) is 2.38. The Kier molecular flexibility index (Phi) is 6.56. The van der Waals surface area contributed by atoms with Gasteiger partial charge in [-0.05, 0) is 12.1 Å². The zero-order chi connectivity index (χ0) is 19.1. The second-order valence-corrected chi connectivity index (χ2v) is 5.34. The molecule has 2 N–H and O–H groups in total. The van der Waals surface area contributed by atoms with Crippen molar-refractivity contribution in [3.63, 3.8) is 0 Å². The Bertz CT molecular complexity index is 772. The minimum atomic E-state index is -1.08. The van der Waals surface area contributed by atoms with Gasteiger partial charge >= 0.3 is 5.97 Å². The molecule has 0 radical (unpaired) electrons. The summed E-state index contributed by atoms with van der Waals surface area (Å²) in [6, 6.07) is 5.52. The monoisotopic (exact) mass is 364 g/mol. The van der Waals surface area contributed by atoms with Gasteiger partial charge in [0, 0.05) is 24.8 Å². The van der Waals surface area contributed by atoms with E-state index in [2.05, 4.69) is 10.5 Å². The molecule has 9 heteroatoms. The van der Waals surface area contributed by atoms with Crippen LogP contribution >= 0.6 is 0 Å². The van der Waals surface area contributed by atoms with Gasteiger partial charge in [-0.3, -0.25) is 9.59 Å². The maximum Gasteiger partial charge on any atom is 0.305 e. The van der Waals surface area contributed by atoms with Gasteiger partial charge in [-0.15, -0.1) is 0 Å². The van der Waals surface area contributed by atoms with Crippen LogP contribution in [0.15, 0.2) is 28.8 Å². The highest BCUT2D eigenvalue weighted by Crippen LogP contribution is 2.31. The summed E-state index contributed by atoms with van der Waals surface area (Å²) in [7, 11) is 4.45. The number of carbonyl (C=O) groups excluding carboxylic acids is 1. The Labute approximate surface area is 149 Å². The molecule has 0 saturated carbocycles. The maximum absolute atomic E-state index is 12.4. The minimum Gasteiger partial charge on any atom is -0.497 e. The van der Waals surface area contributed by atoms with Crippen LogP contribution < -0.4 is 14.8 Å². The summed E-state index contributed by atoms with van der Waals surface area (Å²) in [5, 5.41) is 15.5. The van der Waals surface area contributed by atoms with E-state index < -0.39 is 17.9 Å². The van der Waals surface area contributed by atoms with Crippen molar-refractivity contribution in [1.29, 1.82) is 0 Å². The van der Waals surface area contributed by atoms with Crippen LogP contribution in [-0.2, 0) is 16.1 Å². The number of methoxy groups -OCH3 is 3. The van der Waals surface area contributed by atoms with Crippen molar-refractivity contribution in [2.45, 2.75) is 19.1 Å². The van der Waals surface area contributed by atoms with Crippen LogP contribution in [0.1, 0.15) is 34.3 Å². The van der Waals surface area contributed by atoms with Gasteiger partial charge in [-0.1, -0.05) is 5.16 Å². The van der Waals surface area contributed by atoms with Crippen LogP contribution in [0.5, 0.6) is 11.5 Å². The number of rotatable bonds is 9. The predicted molar refractivity (Wildman–Crippen MR) is 89.2 cm³/mol. The third-order valence-corrected chi connectivity index (χ3v) is 3.58. The Hall–Kier alpha value is -3.07. The lowest BCUT2D eigenvalue weighted by Gasteiger charge is -2.20. The van der Waals surface area contributed by atoms with E-state index >= 15 is 0 Å². The third kappa shape index (κ3) is 4.73.